The summed E-state index contributed by atoms with van der Waals surface area (Å²) in [6.45, 7) is 2.23. The molecule has 0 aromatic carbocycles. The van der Waals surface area contributed by atoms with Crippen LogP contribution < -0.4 is 5.32 Å². The average Bonchev–Trinajstić information content (AvgIpc) is 3.01. The van der Waals surface area contributed by atoms with Crippen molar-refractivity contribution >= 4 is 11.6 Å². The fourth-order valence-electron chi connectivity index (χ4n) is 4.03. The van der Waals surface area contributed by atoms with Gasteiger partial charge >= 0.3 is 0 Å². The van der Waals surface area contributed by atoms with Crippen LogP contribution >= 0.6 is 0 Å². The first kappa shape index (κ1) is 14.7. The number of hydrogen-bond donors (Lipinski definition) is 1. The summed E-state index contributed by atoms with van der Waals surface area (Å²) in [7, 11) is 0. The van der Waals surface area contributed by atoms with E-state index in [2.05, 4.69) is 22.3 Å². The highest BCUT2D eigenvalue weighted by Crippen LogP contribution is 2.25. The molecule has 2 heterocycles. The number of carbonyl (C=O) groups is 1. The van der Waals surface area contributed by atoms with Gasteiger partial charge in [-0.3, -0.25) is 4.79 Å². The van der Waals surface area contributed by atoms with Crippen molar-refractivity contribution in [3.05, 3.63) is 29.2 Å². The molecule has 0 aliphatic heterocycles. The van der Waals surface area contributed by atoms with Crippen LogP contribution in [-0.2, 0) is 12.8 Å². The summed E-state index contributed by atoms with van der Waals surface area (Å²) in [4.78, 5) is 17.2. The first-order chi connectivity index (χ1) is 11.2. The molecule has 0 bridgehead atoms. The van der Waals surface area contributed by atoms with E-state index in [4.69, 9.17) is 0 Å². The SMILES string of the molecule is CC1CCCCC1NC(=O)c1cnn2c3c(cnc12)CCCC3. The molecule has 1 saturated carbocycles. The number of amides is 1. The first-order valence-electron chi connectivity index (χ1n) is 8.89. The smallest absolute Gasteiger partial charge is 0.256 e. The number of aromatic nitrogens is 3. The van der Waals surface area contributed by atoms with E-state index in [1.807, 2.05) is 10.7 Å². The van der Waals surface area contributed by atoms with Gasteiger partial charge in [-0.15, -0.1) is 0 Å². The van der Waals surface area contributed by atoms with Crippen LogP contribution in [0.4, 0.5) is 0 Å². The average molecular weight is 312 g/mol. The van der Waals surface area contributed by atoms with Crippen molar-refractivity contribution < 1.29 is 4.79 Å². The number of fused-ring (bicyclic) bond motifs is 3. The Morgan fingerprint density at radius 1 is 1.17 bits per heavy atom. The lowest BCUT2D eigenvalue weighted by Crippen LogP contribution is -2.41. The molecule has 2 unspecified atom stereocenters. The molecule has 1 fully saturated rings. The Balaban J connectivity index is 1.62. The molecule has 0 radical (unpaired) electrons. The topological polar surface area (TPSA) is 59.3 Å². The van der Waals surface area contributed by atoms with Crippen molar-refractivity contribution in [3.8, 4) is 0 Å². The van der Waals surface area contributed by atoms with E-state index in [0.717, 1.165) is 19.3 Å². The molecular weight excluding hydrogens is 288 g/mol. The molecule has 1 amide bonds. The summed E-state index contributed by atoms with van der Waals surface area (Å²) in [5.41, 5.74) is 3.81. The van der Waals surface area contributed by atoms with Crippen LogP contribution in [0.15, 0.2) is 12.4 Å². The second-order valence-corrected chi connectivity index (χ2v) is 7.07. The second-order valence-electron chi connectivity index (χ2n) is 7.07. The highest BCUT2D eigenvalue weighted by molar-refractivity contribution is 5.99. The number of aryl methyl sites for hydroxylation is 2. The lowest BCUT2D eigenvalue weighted by molar-refractivity contribution is 0.0912. The first-order valence-corrected chi connectivity index (χ1v) is 8.89. The quantitative estimate of drug-likeness (QED) is 0.927. The summed E-state index contributed by atoms with van der Waals surface area (Å²) < 4.78 is 1.88. The third-order valence-corrected chi connectivity index (χ3v) is 5.50. The minimum Gasteiger partial charge on any atom is -0.349 e. The molecule has 2 atom stereocenters. The molecule has 5 nitrogen and oxygen atoms in total. The molecular formula is C18H24N4O. The van der Waals surface area contributed by atoms with E-state index in [1.165, 1.54) is 43.4 Å². The van der Waals surface area contributed by atoms with E-state index in [1.54, 1.807) is 6.20 Å². The predicted octanol–water partition coefficient (Wildman–Crippen LogP) is 2.92. The van der Waals surface area contributed by atoms with Gasteiger partial charge in [-0.1, -0.05) is 19.8 Å². The Bertz CT molecular complexity index is 736. The van der Waals surface area contributed by atoms with Crippen molar-refractivity contribution in [1.82, 2.24) is 19.9 Å². The molecule has 2 aliphatic rings. The monoisotopic (exact) mass is 312 g/mol. The van der Waals surface area contributed by atoms with E-state index >= 15 is 0 Å². The molecule has 2 aromatic rings. The van der Waals surface area contributed by atoms with Crippen LogP contribution in [0.3, 0.4) is 0 Å². The van der Waals surface area contributed by atoms with Crippen molar-refractivity contribution in [2.24, 2.45) is 5.92 Å². The third-order valence-electron chi connectivity index (χ3n) is 5.50. The maximum Gasteiger partial charge on any atom is 0.256 e. The Morgan fingerprint density at radius 2 is 2.00 bits per heavy atom. The van der Waals surface area contributed by atoms with E-state index in [0.29, 0.717) is 17.1 Å². The molecule has 2 aliphatic carbocycles. The van der Waals surface area contributed by atoms with Crippen LogP contribution in [0.2, 0.25) is 0 Å². The van der Waals surface area contributed by atoms with Crippen molar-refractivity contribution in [2.45, 2.75) is 64.3 Å². The van der Waals surface area contributed by atoms with Crippen LogP contribution in [0.25, 0.3) is 5.65 Å². The number of rotatable bonds is 2. The molecule has 122 valence electrons. The van der Waals surface area contributed by atoms with Crippen LogP contribution in [0.5, 0.6) is 0 Å². The predicted molar refractivity (Wildman–Crippen MR) is 88.5 cm³/mol. The molecule has 4 rings (SSSR count). The molecule has 0 saturated heterocycles. The molecule has 1 N–H and O–H groups in total. The van der Waals surface area contributed by atoms with Crippen molar-refractivity contribution in [1.29, 1.82) is 0 Å². The van der Waals surface area contributed by atoms with Gasteiger partial charge in [-0.2, -0.15) is 5.10 Å². The van der Waals surface area contributed by atoms with Crippen LogP contribution in [-0.4, -0.2) is 26.5 Å². The second kappa shape index (κ2) is 5.95. The fourth-order valence-corrected chi connectivity index (χ4v) is 4.03. The number of carbonyl (C=O) groups excluding carboxylic acids is 1. The molecule has 5 heteroatoms. The zero-order valence-electron chi connectivity index (χ0n) is 13.7. The van der Waals surface area contributed by atoms with Gasteiger partial charge in [0.05, 0.1) is 6.20 Å². The Kier molecular flexibility index (Phi) is 3.79. The zero-order chi connectivity index (χ0) is 15.8. The minimum absolute atomic E-state index is 0.0259. The minimum atomic E-state index is -0.0259. The lowest BCUT2D eigenvalue weighted by atomic mass is 9.86. The van der Waals surface area contributed by atoms with Gasteiger partial charge in [0, 0.05) is 17.9 Å². The van der Waals surface area contributed by atoms with Gasteiger partial charge in [0.15, 0.2) is 5.65 Å². The van der Waals surface area contributed by atoms with Crippen LogP contribution in [0, 0.1) is 5.92 Å². The number of nitrogens with zero attached hydrogens (tertiary/aromatic N) is 3. The Morgan fingerprint density at radius 3 is 2.87 bits per heavy atom. The van der Waals surface area contributed by atoms with Crippen molar-refractivity contribution in [3.63, 3.8) is 0 Å². The van der Waals surface area contributed by atoms with E-state index < -0.39 is 0 Å². The summed E-state index contributed by atoms with van der Waals surface area (Å²) in [5, 5.41) is 7.67. The van der Waals surface area contributed by atoms with Crippen LogP contribution in [0.1, 0.15) is 67.1 Å². The highest BCUT2D eigenvalue weighted by Gasteiger charge is 2.25. The Hall–Kier alpha value is -1.91. The van der Waals surface area contributed by atoms with Crippen molar-refractivity contribution in [2.75, 3.05) is 0 Å². The maximum atomic E-state index is 12.7. The zero-order valence-corrected chi connectivity index (χ0v) is 13.7. The summed E-state index contributed by atoms with van der Waals surface area (Å²) in [6, 6.07) is 0.281. The largest absolute Gasteiger partial charge is 0.349 e. The lowest BCUT2D eigenvalue weighted by Gasteiger charge is -2.29. The fraction of sp³-hybridized carbons (Fsp3) is 0.611. The molecule has 0 spiro atoms. The van der Waals surface area contributed by atoms with Gasteiger partial charge in [0.2, 0.25) is 0 Å². The van der Waals surface area contributed by atoms with E-state index in [9.17, 15) is 4.79 Å². The van der Waals surface area contributed by atoms with Gasteiger partial charge in [0.1, 0.15) is 5.56 Å². The number of nitrogens with one attached hydrogen (secondary N) is 1. The summed E-state index contributed by atoms with van der Waals surface area (Å²) >= 11 is 0. The van der Waals surface area contributed by atoms with Gasteiger partial charge < -0.3 is 5.32 Å². The Labute approximate surface area is 136 Å². The standard InChI is InChI=1S/C18H24N4O/c1-12-6-2-4-8-15(12)21-18(23)14-11-20-22-16-9-5-3-7-13(16)10-19-17(14)22/h10-12,15H,2-9H2,1H3,(H,21,23). The number of hydrogen-bond acceptors (Lipinski definition) is 3. The van der Waals surface area contributed by atoms with Gasteiger partial charge in [0.25, 0.3) is 5.91 Å². The van der Waals surface area contributed by atoms with E-state index in [-0.39, 0.29) is 11.9 Å². The summed E-state index contributed by atoms with van der Waals surface area (Å²) in [5.74, 6) is 0.525. The van der Waals surface area contributed by atoms with Gasteiger partial charge in [-0.05, 0) is 50.0 Å². The molecule has 2 aromatic heterocycles. The molecule has 23 heavy (non-hydrogen) atoms. The normalized spacial score (nSPS) is 24.4. The maximum absolute atomic E-state index is 12.7. The highest BCUT2D eigenvalue weighted by atomic mass is 16.1. The summed E-state index contributed by atoms with van der Waals surface area (Å²) in [6.07, 6.45) is 12.9. The third kappa shape index (κ3) is 2.62. The van der Waals surface area contributed by atoms with Gasteiger partial charge in [-0.25, -0.2) is 9.50 Å².